The highest BCUT2D eigenvalue weighted by molar-refractivity contribution is 7.18. The molecule has 0 saturated heterocycles. The molecule has 70 valence electrons. The second kappa shape index (κ2) is 7.16. The molecule has 0 fully saturated rings. The van der Waals surface area contributed by atoms with Crippen LogP contribution in [0.25, 0.3) is 0 Å². The predicted molar refractivity (Wildman–Crippen MR) is 44.6 cm³/mol. The maximum Gasteiger partial charge on any atom is 0.398 e. The highest BCUT2D eigenvalue weighted by Crippen LogP contribution is 2.03. The Morgan fingerprint density at radius 2 is 2.17 bits per heavy atom. The second-order valence-electron chi connectivity index (χ2n) is 2.38. The van der Waals surface area contributed by atoms with Gasteiger partial charge >= 0.3 is 14.7 Å². The number of rotatable bonds is 6. The molecule has 0 aliphatic heterocycles. The number of carbonyl (C=O) groups is 1. The summed E-state index contributed by atoms with van der Waals surface area (Å²) in [6.07, 6.45) is 2.13. The van der Waals surface area contributed by atoms with Crippen molar-refractivity contribution < 1.29 is 13.9 Å². The summed E-state index contributed by atoms with van der Waals surface area (Å²) in [6.45, 7) is 0.585. The standard InChI is InChI=1S/C6H13N2O3P/c7-4-2-1-3-5(8)6(9)11-12-10/h5H,1-4,7-8H2/t5-/m0/s1. The monoisotopic (exact) mass is 192 g/mol. The molecule has 0 radical (unpaired) electrons. The zero-order chi connectivity index (χ0) is 9.40. The average molecular weight is 192 g/mol. The van der Waals surface area contributed by atoms with E-state index in [2.05, 4.69) is 4.52 Å². The van der Waals surface area contributed by atoms with Gasteiger partial charge in [0.25, 0.3) is 0 Å². The van der Waals surface area contributed by atoms with E-state index in [1.807, 2.05) is 0 Å². The van der Waals surface area contributed by atoms with Crippen molar-refractivity contribution in [2.75, 3.05) is 6.54 Å². The highest BCUT2D eigenvalue weighted by Gasteiger charge is 2.14. The van der Waals surface area contributed by atoms with Gasteiger partial charge in [-0.1, -0.05) is 6.42 Å². The van der Waals surface area contributed by atoms with Crippen LogP contribution >= 0.6 is 8.69 Å². The molecular formula is C6H13N2O3P. The molecule has 0 aromatic heterocycles. The van der Waals surface area contributed by atoms with E-state index in [0.717, 1.165) is 12.8 Å². The zero-order valence-electron chi connectivity index (χ0n) is 6.73. The fourth-order valence-corrected chi connectivity index (χ4v) is 0.940. The number of hydrogen-bond acceptors (Lipinski definition) is 5. The molecule has 0 spiro atoms. The van der Waals surface area contributed by atoms with Gasteiger partial charge in [-0.05, 0) is 19.4 Å². The average Bonchev–Trinajstić information content (AvgIpc) is 2.05. The number of hydrogen-bond donors (Lipinski definition) is 2. The first-order valence-corrected chi connectivity index (χ1v) is 4.44. The lowest BCUT2D eigenvalue weighted by molar-refractivity contribution is -0.135. The quantitative estimate of drug-likeness (QED) is 0.462. The van der Waals surface area contributed by atoms with Crippen molar-refractivity contribution in [3.8, 4) is 0 Å². The van der Waals surface area contributed by atoms with Crippen LogP contribution < -0.4 is 11.5 Å². The molecule has 0 aliphatic rings. The minimum atomic E-state index is -0.682. The molecule has 4 N–H and O–H groups in total. The molecule has 0 amide bonds. The normalized spacial score (nSPS) is 12.8. The van der Waals surface area contributed by atoms with E-state index >= 15 is 0 Å². The third kappa shape index (κ3) is 5.18. The maximum atomic E-state index is 10.8. The van der Waals surface area contributed by atoms with E-state index in [4.69, 9.17) is 11.5 Å². The summed E-state index contributed by atoms with van der Waals surface area (Å²) < 4.78 is 14.0. The van der Waals surface area contributed by atoms with Gasteiger partial charge in [0.05, 0.1) is 0 Å². The second-order valence-corrected chi connectivity index (χ2v) is 2.71. The Hall–Kier alpha value is -0.510. The van der Waals surface area contributed by atoms with E-state index in [1.165, 1.54) is 0 Å². The number of unbranched alkanes of at least 4 members (excludes halogenated alkanes) is 1. The van der Waals surface area contributed by atoms with Crippen molar-refractivity contribution in [1.29, 1.82) is 0 Å². The molecule has 0 aromatic carbocycles. The van der Waals surface area contributed by atoms with E-state index < -0.39 is 20.7 Å². The molecule has 0 aliphatic carbocycles. The lowest BCUT2D eigenvalue weighted by atomic mass is 10.1. The Morgan fingerprint density at radius 3 is 2.67 bits per heavy atom. The molecule has 1 atom stereocenters. The largest absolute Gasteiger partial charge is 0.398 e. The van der Waals surface area contributed by atoms with Crippen molar-refractivity contribution >= 4 is 14.7 Å². The Kier molecular flexibility index (Phi) is 6.85. The van der Waals surface area contributed by atoms with Gasteiger partial charge in [0, 0.05) is 0 Å². The smallest absolute Gasteiger partial charge is 0.372 e. The van der Waals surface area contributed by atoms with Crippen LogP contribution in [-0.4, -0.2) is 18.6 Å². The Balaban J connectivity index is 3.49. The van der Waals surface area contributed by atoms with E-state index in [-0.39, 0.29) is 0 Å². The first-order valence-electron chi connectivity index (χ1n) is 3.71. The Morgan fingerprint density at radius 1 is 1.50 bits per heavy atom. The first kappa shape index (κ1) is 11.5. The third-order valence-corrected chi connectivity index (χ3v) is 1.65. The van der Waals surface area contributed by atoms with E-state index in [9.17, 15) is 9.36 Å². The topological polar surface area (TPSA) is 95.4 Å². The van der Waals surface area contributed by atoms with Gasteiger partial charge in [-0.3, -0.25) is 0 Å². The van der Waals surface area contributed by atoms with Gasteiger partial charge < -0.3 is 16.0 Å². The van der Waals surface area contributed by atoms with Crippen LogP contribution in [0, 0.1) is 0 Å². The van der Waals surface area contributed by atoms with Gasteiger partial charge in [-0.2, -0.15) is 0 Å². The highest BCUT2D eigenvalue weighted by atomic mass is 31.1. The van der Waals surface area contributed by atoms with Gasteiger partial charge in [-0.15, -0.1) is 0 Å². The van der Waals surface area contributed by atoms with E-state index in [0.29, 0.717) is 13.0 Å². The Bertz CT molecular complexity index is 154. The van der Waals surface area contributed by atoms with Crippen molar-refractivity contribution in [2.24, 2.45) is 11.5 Å². The van der Waals surface area contributed by atoms with Crippen LogP contribution in [0.3, 0.4) is 0 Å². The molecule has 0 aromatic rings. The minimum absolute atomic E-state index is 0.519. The summed E-state index contributed by atoms with van der Waals surface area (Å²) in [7, 11) is -0.647. The van der Waals surface area contributed by atoms with E-state index in [1.54, 1.807) is 0 Å². The van der Waals surface area contributed by atoms with Crippen molar-refractivity contribution in [2.45, 2.75) is 25.3 Å². The van der Waals surface area contributed by atoms with Gasteiger partial charge in [0.2, 0.25) is 0 Å². The Labute approximate surface area is 72.7 Å². The van der Waals surface area contributed by atoms with Gasteiger partial charge in [0.1, 0.15) is 6.04 Å². The van der Waals surface area contributed by atoms with Crippen LogP contribution in [-0.2, 0) is 13.9 Å². The van der Waals surface area contributed by atoms with Crippen LogP contribution in [0.15, 0.2) is 0 Å². The molecule has 6 heteroatoms. The summed E-state index contributed by atoms with van der Waals surface area (Å²) in [6, 6.07) is -0.682. The fourth-order valence-electron chi connectivity index (χ4n) is 0.731. The summed E-state index contributed by atoms with van der Waals surface area (Å²) >= 11 is 0. The third-order valence-electron chi connectivity index (χ3n) is 1.40. The minimum Gasteiger partial charge on any atom is -0.372 e. The number of nitrogens with two attached hydrogens (primary N) is 2. The molecule has 0 saturated carbocycles. The first-order chi connectivity index (χ1) is 5.72. The van der Waals surface area contributed by atoms with Crippen LogP contribution in [0.1, 0.15) is 19.3 Å². The lowest BCUT2D eigenvalue weighted by Gasteiger charge is -2.05. The van der Waals surface area contributed by atoms with Crippen LogP contribution in [0.4, 0.5) is 0 Å². The number of carbonyl (C=O) groups excluding carboxylic acids is 1. The summed E-state index contributed by atoms with van der Waals surface area (Å²) in [5, 5.41) is 0. The SMILES string of the molecule is NCCCC[C@H](N)C(=O)OP=O. The van der Waals surface area contributed by atoms with Crippen LogP contribution in [0.2, 0.25) is 0 Å². The molecular weight excluding hydrogens is 179 g/mol. The molecule has 12 heavy (non-hydrogen) atoms. The lowest BCUT2D eigenvalue weighted by Crippen LogP contribution is -2.30. The summed E-state index contributed by atoms with van der Waals surface area (Å²) in [5.41, 5.74) is 10.6. The maximum absolute atomic E-state index is 10.8. The van der Waals surface area contributed by atoms with Crippen molar-refractivity contribution in [1.82, 2.24) is 0 Å². The summed E-state index contributed by atoms with van der Waals surface area (Å²) in [4.78, 5) is 10.8. The van der Waals surface area contributed by atoms with Crippen molar-refractivity contribution in [3.63, 3.8) is 0 Å². The van der Waals surface area contributed by atoms with Crippen LogP contribution in [0.5, 0.6) is 0 Å². The predicted octanol–water partition coefficient (Wildman–Crippen LogP) is 0.193. The van der Waals surface area contributed by atoms with Crippen molar-refractivity contribution in [3.05, 3.63) is 0 Å². The zero-order valence-corrected chi connectivity index (χ0v) is 7.63. The molecule has 5 nitrogen and oxygen atoms in total. The molecule has 0 unspecified atom stereocenters. The molecule has 0 rings (SSSR count). The molecule has 0 bridgehead atoms. The fraction of sp³-hybridized carbons (Fsp3) is 0.833. The summed E-state index contributed by atoms with van der Waals surface area (Å²) in [5.74, 6) is -0.635. The van der Waals surface area contributed by atoms with Gasteiger partial charge in [0.15, 0.2) is 0 Å². The van der Waals surface area contributed by atoms with Gasteiger partial charge in [-0.25, -0.2) is 9.36 Å². The molecule has 0 heterocycles.